The first kappa shape index (κ1) is 13.7. The second-order valence-corrected chi connectivity index (χ2v) is 7.52. The van der Waals surface area contributed by atoms with Gasteiger partial charge in [-0.15, -0.1) is 0 Å². The average Bonchev–Trinajstić information content (AvgIpc) is 2.37. The van der Waals surface area contributed by atoms with E-state index in [2.05, 4.69) is 25.1 Å². The van der Waals surface area contributed by atoms with Gasteiger partial charge in [-0.1, -0.05) is 29.8 Å². The minimum absolute atomic E-state index is 0.410. The zero-order chi connectivity index (χ0) is 14.5. The van der Waals surface area contributed by atoms with Gasteiger partial charge in [0.05, 0.1) is 0 Å². The second-order valence-electron chi connectivity index (χ2n) is 6.10. The molecular formula is C17H19NOS. The van der Waals surface area contributed by atoms with E-state index in [0.717, 1.165) is 27.3 Å². The molecule has 0 aliphatic carbocycles. The Morgan fingerprint density at radius 1 is 1.05 bits per heavy atom. The van der Waals surface area contributed by atoms with Crippen LogP contribution in [0.2, 0.25) is 0 Å². The van der Waals surface area contributed by atoms with E-state index in [9.17, 15) is 4.55 Å². The molecule has 1 atom stereocenters. The third-order valence-corrected chi connectivity index (χ3v) is 5.38. The Kier molecular flexibility index (Phi) is 3.16. The zero-order valence-electron chi connectivity index (χ0n) is 12.1. The lowest BCUT2D eigenvalue weighted by molar-refractivity contribution is 0.550. The van der Waals surface area contributed by atoms with Gasteiger partial charge < -0.3 is 10.3 Å². The summed E-state index contributed by atoms with van der Waals surface area (Å²) in [7, 11) is 0. The van der Waals surface area contributed by atoms with Crippen molar-refractivity contribution >= 4 is 11.2 Å². The zero-order valence-corrected chi connectivity index (χ0v) is 12.9. The van der Waals surface area contributed by atoms with E-state index in [1.54, 1.807) is 0 Å². The summed E-state index contributed by atoms with van der Waals surface area (Å²) in [5, 5.41) is 0. The molecule has 3 rings (SSSR count). The molecule has 2 aromatic rings. The van der Waals surface area contributed by atoms with Crippen LogP contribution in [0.5, 0.6) is 0 Å². The van der Waals surface area contributed by atoms with Crippen molar-refractivity contribution in [3.63, 3.8) is 0 Å². The molecule has 20 heavy (non-hydrogen) atoms. The molecule has 2 nitrogen and oxygen atoms in total. The summed E-state index contributed by atoms with van der Waals surface area (Å²) in [6.07, 6.45) is 0.851. The molecule has 1 heterocycles. The molecule has 104 valence electrons. The van der Waals surface area contributed by atoms with Crippen LogP contribution in [0.15, 0.2) is 46.2 Å². The fraction of sp³-hybridized carbons (Fsp3) is 0.294. The molecule has 0 radical (unpaired) electrons. The van der Waals surface area contributed by atoms with Gasteiger partial charge in [0.2, 0.25) is 0 Å². The lowest BCUT2D eigenvalue weighted by atomic mass is 9.93. The second kappa shape index (κ2) is 4.62. The third-order valence-electron chi connectivity index (χ3n) is 3.81. The van der Waals surface area contributed by atoms with Crippen molar-refractivity contribution in [3.05, 3.63) is 58.7 Å². The molecule has 1 aliphatic rings. The molecule has 0 aromatic heterocycles. The monoisotopic (exact) mass is 285 g/mol. The van der Waals surface area contributed by atoms with Gasteiger partial charge in [0.15, 0.2) is 9.79 Å². The molecule has 0 fully saturated rings. The molecular weight excluding hydrogens is 266 g/mol. The minimum atomic E-state index is -1.10. The maximum atomic E-state index is 12.8. The van der Waals surface area contributed by atoms with Crippen LogP contribution in [0.4, 0.5) is 0 Å². The first-order valence-corrected chi connectivity index (χ1v) is 7.95. The van der Waals surface area contributed by atoms with E-state index in [0.29, 0.717) is 0 Å². The maximum absolute atomic E-state index is 12.8. The van der Waals surface area contributed by atoms with E-state index >= 15 is 0 Å². The average molecular weight is 285 g/mol. The van der Waals surface area contributed by atoms with Crippen molar-refractivity contribution in [3.8, 4) is 0 Å². The molecule has 2 N–H and O–H groups in total. The Morgan fingerprint density at radius 3 is 2.50 bits per heavy atom. The van der Waals surface area contributed by atoms with Crippen LogP contribution >= 0.6 is 0 Å². The van der Waals surface area contributed by atoms with Gasteiger partial charge in [0.1, 0.15) is 0 Å². The first-order valence-electron chi connectivity index (χ1n) is 6.80. The topological polar surface area (TPSA) is 49.1 Å². The van der Waals surface area contributed by atoms with Crippen LogP contribution in [-0.2, 0) is 23.1 Å². The quantitative estimate of drug-likeness (QED) is 0.818. The Bertz CT molecular complexity index is 673. The van der Waals surface area contributed by atoms with E-state index < -0.39 is 16.7 Å². The van der Waals surface area contributed by atoms with Crippen LogP contribution in [-0.4, -0.2) is 4.55 Å². The molecule has 2 aromatic carbocycles. The summed E-state index contributed by atoms with van der Waals surface area (Å²) < 4.78 is 12.8. The van der Waals surface area contributed by atoms with Gasteiger partial charge in [-0.3, -0.25) is 0 Å². The highest BCUT2D eigenvalue weighted by atomic mass is 32.2. The largest absolute Gasteiger partial charge is 0.606 e. The molecule has 0 amide bonds. The fourth-order valence-corrected chi connectivity index (χ4v) is 4.03. The lowest BCUT2D eigenvalue weighted by Gasteiger charge is -2.25. The van der Waals surface area contributed by atoms with Gasteiger partial charge in [-0.2, -0.15) is 0 Å². The number of rotatable bonds is 1. The summed E-state index contributed by atoms with van der Waals surface area (Å²) in [6, 6.07) is 12.3. The number of nitrogens with two attached hydrogens (primary N) is 1. The normalized spacial score (nSPS) is 17.6. The summed E-state index contributed by atoms with van der Waals surface area (Å²) in [5.74, 6) is 0. The van der Waals surface area contributed by atoms with Crippen molar-refractivity contribution in [1.29, 1.82) is 0 Å². The highest BCUT2D eigenvalue weighted by molar-refractivity contribution is 7.91. The highest BCUT2D eigenvalue weighted by Gasteiger charge is 2.30. The Balaban J connectivity index is 2.11. The van der Waals surface area contributed by atoms with Crippen molar-refractivity contribution in [2.45, 2.75) is 42.5 Å². The number of aryl methyl sites for hydroxylation is 1. The van der Waals surface area contributed by atoms with E-state index in [-0.39, 0.29) is 0 Å². The summed E-state index contributed by atoms with van der Waals surface area (Å²) in [6.45, 7) is 6.01. The van der Waals surface area contributed by atoms with Crippen LogP contribution < -0.4 is 5.73 Å². The molecule has 0 saturated carbocycles. The van der Waals surface area contributed by atoms with Crippen molar-refractivity contribution in [2.75, 3.05) is 0 Å². The summed E-state index contributed by atoms with van der Waals surface area (Å²) in [5.41, 5.74) is 10.3. The van der Waals surface area contributed by atoms with Crippen molar-refractivity contribution in [1.82, 2.24) is 0 Å². The first-order chi connectivity index (χ1) is 9.36. The van der Waals surface area contributed by atoms with Gasteiger partial charge in [-0.25, -0.2) is 0 Å². The van der Waals surface area contributed by atoms with Crippen molar-refractivity contribution in [2.24, 2.45) is 5.73 Å². The Morgan fingerprint density at radius 2 is 1.80 bits per heavy atom. The van der Waals surface area contributed by atoms with E-state index in [1.807, 2.05) is 32.0 Å². The van der Waals surface area contributed by atoms with Gasteiger partial charge in [-0.05, 0) is 38.5 Å². The molecule has 0 saturated heterocycles. The Hall–Kier alpha value is -1.29. The lowest BCUT2D eigenvalue weighted by Crippen LogP contribution is -2.29. The van der Waals surface area contributed by atoms with Gasteiger partial charge >= 0.3 is 0 Å². The van der Waals surface area contributed by atoms with Crippen LogP contribution in [0.1, 0.15) is 36.1 Å². The van der Waals surface area contributed by atoms with Crippen LogP contribution in [0, 0.1) is 6.92 Å². The number of fused-ring (bicyclic) bond motifs is 2. The number of hydrogen-bond acceptors (Lipinski definition) is 2. The Labute approximate surface area is 123 Å². The fourth-order valence-electron chi connectivity index (χ4n) is 2.62. The molecule has 0 bridgehead atoms. The van der Waals surface area contributed by atoms with Gasteiger partial charge in [0.25, 0.3) is 0 Å². The molecule has 3 heteroatoms. The van der Waals surface area contributed by atoms with Crippen LogP contribution in [0.3, 0.4) is 0 Å². The number of benzene rings is 2. The third kappa shape index (κ3) is 2.26. The minimum Gasteiger partial charge on any atom is -0.606 e. The SMILES string of the molecule is Cc1ccc2c(c1)Cc1ccc(C(C)(C)N)cc1[S+]2[O-]. The van der Waals surface area contributed by atoms with E-state index in [1.165, 1.54) is 11.1 Å². The standard InChI is InChI=1S/C17H19NOS/c1-11-4-7-15-13(8-11)9-12-5-6-14(17(2,3)18)10-16(12)20(15)19/h4-8,10H,9,18H2,1-3H3. The summed E-state index contributed by atoms with van der Waals surface area (Å²) >= 11 is -1.10. The van der Waals surface area contributed by atoms with Crippen LogP contribution in [0.25, 0.3) is 0 Å². The smallest absolute Gasteiger partial charge is 0.162 e. The predicted molar refractivity (Wildman–Crippen MR) is 82.3 cm³/mol. The highest BCUT2D eigenvalue weighted by Crippen LogP contribution is 2.36. The maximum Gasteiger partial charge on any atom is 0.162 e. The molecule has 1 unspecified atom stereocenters. The predicted octanol–water partition coefficient (Wildman–Crippen LogP) is 3.26. The van der Waals surface area contributed by atoms with Gasteiger partial charge in [0, 0.05) is 34.3 Å². The van der Waals surface area contributed by atoms with Crippen molar-refractivity contribution < 1.29 is 4.55 Å². The van der Waals surface area contributed by atoms with E-state index in [4.69, 9.17) is 5.73 Å². The molecule has 0 spiro atoms. The number of hydrogen-bond donors (Lipinski definition) is 1. The summed E-state index contributed by atoms with van der Waals surface area (Å²) in [4.78, 5) is 1.85. The molecule has 1 aliphatic heterocycles.